The highest BCUT2D eigenvalue weighted by atomic mass is 32.2. The molecular weight excluding hydrogens is 204 g/mol. The van der Waals surface area contributed by atoms with E-state index in [1.807, 2.05) is 0 Å². The van der Waals surface area contributed by atoms with Gasteiger partial charge in [0.15, 0.2) is 0 Å². The summed E-state index contributed by atoms with van der Waals surface area (Å²) in [4.78, 5) is 2.62. The molecule has 2 saturated heterocycles. The molecule has 1 unspecified atom stereocenters. The van der Waals surface area contributed by atoms with Gasteiger partial charge in [-0.15, -0.1) is 0 Å². The number of hydrogen-bond acceptors (Lipinski definition) is 3. The van der Waals surface area contributed by atoms with E-state index in [-0.39, 0.29) is 0 Å². The lowest BCUT2D eigenvalue weighted by Gasteiger charge is -2.32. The van der Waals surface area contributed by atoms with E-state index in [0.717, 1.165) is 18.4 Å². The van der Waals surface area contributed by atoms with Crippen molar-refractivity contribution in [2.45, 2.75) is 25.7 Å². The number of nitrogens with two attached hydrogens (primary N) is 1. The number of hydrogen-bond donors (Lipinski definition) is 1. The highest BCUT2D eigenvalue weighted by molar-refractivity contribution is 7.99. The molecule has 0 aromatic rings. The molecule has 0 radical (unpaired) electrons. The summed E-state index contributed by atoms with van der Waals surface area (Å²) in [6.07, 6.45) is 5.61. The Hall–Kier alpha value is 0.270. The molecule has 1 atom stereocenters. The van der Waals surface area contributed by atoms with Crippen LogP contribution in [-0.2, 0) is 0 Å². The molecule has 2 aliphatic rings. The monoisotopic (exact) mass is 228 g/mol. The maximum atomic E-state index is 5.95. The third kappa shape index (κ3) is 3.36. The lowest BCUT2D eigenvalue weighted by Crippen LogP contribution is -2.36. The van der Waals surface area contributed by atoms with Gasteiger partial charge in [-0.25, -0.2) is 0 Å². The maximum Gasteiger partial charge on any atom is 0.00244 e. The molecule has 0 spiro atoms. The number of thioether (sulfide) groups is 1. The van der Waals surface area contributed by atoms with Crippen LogP contribution in [0.5, 0.6) is 0 Å². The van der Waals surface area contributed by atoms with Crippen molar-refractivity contribution in [1.82, 2.24) is 4.90 Å². The van der Waals surface area contributed by atoms with Crippen LogP contribution >= 0.6 is 11.8 Å². The van der Waals surface area contributed by atoms with Crippen molar-refractivity contribution < 1.29 is 0 Å². The fraction of sp³-hybridized carbons (Fsp3) is 1.00. The molecule has 0 bridgehead atoms. The Morgan fingerprint density at radius 1 is 1.20 bits per heavy atom. The summed E-state index contributed by atoms with van der Waals surface area (Å²) < 4.78 is 0. The summed E-state index contributed by atoms with van der Waals surface area (Å²) in [6.45, 7) is 4.80. The fourth-order valence-electron chi connectivity index (χ4n) is 2.90. The zero-order valence-electron chi connectivity index (χ0n) is 9.66. The second kappa shape index (κ2) is 6.12. The van der Waals surface area contributed by atoms with E-state index < -0.39 is 0 Å². The average Bonchev–Trinajstić information content (AvgIpc) is 2.80. The third-order valence-electron chi connectivity index (χ3n) is 3.93. The van der Waals surface area contributed by atoms with Crippen molar-refractivity contribution in [3.8, 4) is 0 Å². The van der Waals surface area contributed by atoms with Crippen molar-refractivity contribution in [3.63, 3.8) is 0 Å². The van der Waals surface area contributed by atoms with E-state index in [4.69, 9.17) is 5.73 Å². The van der Waals surface area contributed by atoms with Crippen LogP contribution in [0.25, 0.3) is 0 Å². The van der Waals surface area contributed by atoms with Gasteiger partial charge in [0.2, 0.25) is 0 Å². The first-order valence-electron chi connectivity index (χ1n) is 6.40. The van der Waals surface area contributed by atoms with Crippen molar-refractivity contribution in [3.05, 3.63) is 0 Å². The van der Waals surface area contributed by atoms with E-state index in [9.17, 15) is 0 Å². The molecule has 0 aromatic carbocycles. The maximum absolute atomic E-state index is 5.95. The Balaban J connectivity index is 1.79. The Labute approximate surface area is 98.0 Å². The number of likely N-dealkylation sites (tertiary alicyclic amines) is 1. The Morgan fingerprint density at radius 3 is 2.47 bits per heavy atom. The van der Waals surface area contributed by atoms with Crippen LogP contribution in [0.2, 0.25) is 0 Å². The predicted octanol–water partition coefficient (Wildman–Crippen LogP) is 1.80. The summed E-state index contributed by atoms with van der Waals surface area (Å²) in [5.74, 6) is 4.41. The van der Waals surface area contributed by atoms with Crippen LogP contribution in [0.4, 0.5) is 0 Å². The minimum atomic E-state index is 0.768. The molecule has 0 aromatic heterocycles. The molecule has 2 N–H and O–H groups in total. The second-order valence-corrected chi connectivity index (χ2v) is 6.18. The van der Waals surface area contributed by atoms with E-state index >= 15 is 0 Å². The first kappa shape index (κ1) is 11.7. The van der Waals surface area contributed by atoms with Gasteiger partial charge in [-0.1, -0.05) is 0 Å². The van der Waals surface area contributed by atoms with Crippen molar-refractivity contribution >= 4 is 11.8 Å². The molecule has 88 valence electrons. The van der Waals surface area contributed by atoms with Crippen LogP contribution in [0, 0.1) is 11.8 Å². The normalized spacial score (nSPS) is 27.0. The lowest BCUT2D eigenvalue weighted by molar-refractivity contribution is 0.215. The summed E-state index contributed by atoms with van der Waals surface area (Å²) in [6, 6.07) is 0. The molecule has 2 heterocycles. The summed E-state index contributed by atoms with van der Waals surface area (Å²) in [5, 5.41) is 0. The summed E-state index contributed by atoms with van der Waals surface area (Å²) in [5.41, 5.74) is 5.95. The number of nitrogens with zero attached hydrogens (tertiary/aromatic N) is 1. The second-order valence-electron chi connectivity index (χ2n) is 4.95. The standard InChI is InChI=1S/C12H24N2S/c13-9-12(10-14-5-1-2-6-14)11-3-7-15-8-4-11/h11-12H,1-10,13H2. The fourth-order valence-corrected chi connectivity index (χ4v) is 4.04. The van der Waals surface area contributed by atoms with Crippen molar-refractivity contribution in [1.29, 1.82) is 0 Å². The molecule has 15 heavy (non-hydrogen) atoms. The SMILES string of the molecule is NCC(CN1CCCC1)C1CCSCC1. The molecule has 2 rings (SSSR count). The van der Waals surface area contributed by atoms with Gasteiger partial charge in [-0.2, -0.15) is 11.8 Å². The molecule has 0 aliphatic carbocycles. The molecule has 0 saturated carbocycles. The van der Waals surface area contributed by atoms with Crippen LogP contribution < -0.4 is 5.73 Å². The van der Waals surface area contributed by atoms with Crippen molar-refractivity contribution in [2.24, 2.45) is 17.6 Å². The largest absolute Gasteiger partial charge is 0.330 e. The van der Waals surface area contributed by atoms with Gasteiger partial charge in [-0.3, -0.25) is 0 Å². The Bertz CT molecular complexity index is 174. The zero-order chi connectivity index (χ0) is 10.5. The van der Waals surface area contributed by atoms with Gasteiger partial charge in [0, 0.05) is 6.54 Å². The molecule has 0 amide bonds. The van der Waals surface area contributed by atoms with E-state index in [0.29, 0.717) is 0 Å². The molecule has 2 nitrogen and oxygen atoms in total. The Morgan fingerprint density at radius 2 is 1.87 bits per heavy atom. The van der Waals surface area contributed by atoms with Gasteiger partial charge in [0.05, 0.1) is 0 Å². The summed E-state index contributed by atoms with van der Waals surface area (Å²) >= 11 is 2.11. The molecule has 3 heteroatoms. The minimum absolute atomic E-state index is 0.768. The summed E-state index contributed by atoms with van der Waals surface area (Å²) in [7, 11) is 0. The highest BCUT2D eigenvalue weighted by Gasteiger charge is 2.25. The third-order valence-corrected chi connectivity index (χ3v) is 4.98. The van der Waals surface area contributed by atoms with Gasteiger partial charge < -0.3 is 10.6 Å². The quantitative estimate of drug-likeness (QED) is 0.795. The van der Waals surface area contributed by atoms with Crippen LogP contribution in [0.1, 0.15) is 25.7 Å². The average molecular weight is 228 g/mol. The lowest BCUT2D eigenvalue weighted by atomic mass is 9.87. The van der Waals surface area contributed by atoms with Crippen LogP contribution in [0.3, 0.4) is 0 Å². The minimum Gasteiger partial charge on any atom is -0.330 e. The molecular formula is C12H24N2S. The first-order valence-corrected chi connectivity index (χ1v) is 7.56. The van der Waals surface area contributed by atoms with E-state index in [1.165, 1.54) is 56.8 Å². The first-order chi connectivity index (χ1) is 7.40. The smallest absolute Gasteiger partial charge is 0.00244 e. The van der Waals surface area contributed by atoms with Gasteiger partial charge in [0.1, 0.15) is 0 Å². The van der Waals surface area contributed by atoms with Crippen LogP contribution in [-0.4, -0.2) is 42.6 Å². The van der Waals surface area contributed by atoms with E-state index in [1.54, 1.807) is 0 Å². The van der Waals surface area contributed by atoms with Gasteiger partial charge in [0.25, 0.3) is 0 Å². The molecule has 2 fully saturated rings. The van der Waals surface area contributed by atoms with Crippen molar-refractivity contribution in [2.75, 3.05) is 37.7 Å². The van der Waals surface area contributed by atoms with Crippen LogP contribution in [0.15, 0.2) is 0 Å². The topological polar surface area (TPSA) is 29.3 Å². The Kier molecular flexibility index (Phi) is 4.79. The van der Waals surface area contributed by atoms with Gasteiger partial charge in [-0.05, 0) is 68.7 Å². The zero-order valence-corrected chi connectivity index (χ0v) is 10.5. The highest BCUT2D eigenvalue weighted by Crippen LogP contribution is 2.29. The number of rotatable bonds is 4. The predicted molar refractivity (Wildman–Crippen MR) is 68.3 cm³/mol. The van der Waals surface area contributed by atoms with E-state index in [2.05, 4.69) is 16.7 Å². The van der Waals surface area contributed by atoms with Gasteiger partial charge >= 0.3 is 0 Å². The molecule has 2 aliphatic heterocycles.